The number of carbonyl (C=O) groups is 1. The lowest BCUT2D eigenvalue weighted by Gasteiger charge is -2.31. The minimum Gasteiger partial charge on any atom is -0.497 e. The number of nitrogens with zero attached hydrogens (tertiary/aromatic N) is 1. The van der Waals surface area contributed by atoms with Crippen molar-refractivity contribution in [2.24, 2.45) is 5.92 Å². The predicted molar refractivity (Wildman–Crippen MR) is 84.9 cm³/mol. The summed E-state index contributed by atoms with van der Waals surface area (Å²) >= 11 is 0. The molecule has 0 spiro atoms. The van der Waals surface area contributed by atoms with Crippen LogP contribution in [0.5, 0.6) is 5.75 Å². The molecule has 2 N–H and O–H groups in total. The van der Waals surface area contributed by atoms with Gasteiger partial charge < -0.3 is 19.7 Å². The number of aromatic nitrogens is 1. The van der Waals surface area contributed by atoms with Crippen LogP contribution in [0.4, 0.5) is 0 Å². The number of carbonyl (C=O) groups excluding carboxylic acids is 1. The highest BCUT2D eigenvalue weighted by molar-refractivity contribution is 5.89. The number of amides is 1. The maximum atomic E-state index is 12.5. The van der Waals surface area contributed by atoms with Crippen LogP contribution in [-0.2, 0) is 11.2 Å². The molecule has 1 aromatic heterocycles. The number of rotatable bonds is 4. The molecule has 0 aliphatic carbocycles. The van der Waals surface area contributed by atoms with E-state index < -0.39 is 0 Å². The zero-order valence-electron chi connectivity index (χ0n) is 12.8. The van der Waals surface area contributed by atoms with E-state index in [2.05, 4.69) is 4.98 Å². The van der Waals surface area contributed by atoms with Gasteiger partial charge in [0.1, 0.15) is 5.75 Å². The number of hydrogen-bond acceptors (Lipinski definition) is 3. The molecule has 1 aliphatic heterocycles. The fraction of sp³-hybridized carbons (Fsp3) is 0.471. The first-order valence-electron chi connectivity index (χ1n) is 7.74. The number of H-pyrrole nitrogens is 1. The molecular formula is C17H22N2O3. The highest BCUT2D eigenvalue weighted by Crippen LogP contribution is 2.25. The number of benzene rings is 1. The Kier molecular flexibility index (Phi) is 4.34. The number of aliphatic hydroxyl groups is 1. The molecule has 1 atom stereocenters. The van der Waals surface area contributed by atoms with Crippen molar-refractivity contribution in [2.75, 3.05) is 26.8 Å². The van der Waals surface area contributed by atoms with E-state index in [1.54, 1.807) is 7.11 Å². The van der Waals surface area contributed by atoms with Gasteiger partial charge >= 0.3 is 0 Å². The Morgan fingerprint density at radius 3 is 3.14 bits per heavy atom. The van der Waals surface area contributed by atoms with Crippen LogP contribution in [0.3, 0.4) is 0 Å². The van der Waals surface area contributed by atoms with Crippen molar-refractivity contribution in [2.45, 2.75) is 19.3 Å². The molecule has 1 fully saturated rings. The Bertz CT molecular complexity index is 665. The SMILES string of the molecule is COc1ccc2[nH]cc(CC(=O)N3CCCC(CO)C3)c2c1. The first kappa shape index (κ1) is 14.9. The second kappa shape index (κ2) is 6.40. The third-order valence-electron chi connectivity index (χ3n) is 4.45. The zero-order chi connectivity index (χ0) is 15.5. The molecule has 1 aromatic carbocycles. The average molecular weight is 302 g/mol. The summed E-state index contributed by atoms with van der Waals surface area (Å²) in [5.41, 5.74) is 2.00. The summed E-state index contributed by atoms with van der Waals surface area (Å²) in [6.45, 7) is 1.62. The second-order valence-electron chi connectivity index (χ2n) is 5.93. The van der Waals surface area contributed by atoms with Gasteiger partial charge in [0.2, 0.25) is 5.91 Å². The monoisotopic (exact) mass is 302 g/mol. The van der Waals surface area contributed by atoms with Crippen LogP contribution < -0.4 is 4.74 Å². The third-order valence-corrected chi connectivity index (χ3v) is 4.45. The molecule has 0 radical (unpaired) electrons. The van der Waals surface area contributed by atoms with Crippen LogP contribution in [0.1, 0.15) is 18.4 Å². The summed E-state index contributed by atoms with van der Waals surface area (Å²) in [5, 5.41) is 10.3. The van der Waals surface area contributed by atoms with Crippen molar-refractivity contribution in [3.05, 3.63) is 30.0 Å². The first-order valence-corrected chi connectivity index (χ1v) is 7.74. The van der Waals surface area contributed by atoms with Gasteiger partial charge in [-0.1, -0.05) is 0 Å². The number of nitrogens with one attached hydrogen (secondary N) is 1. The normalized spacial score (nSPS) is 18.6. The van der Waals surface area contributed by atoms with Crippen LogP contribution in [0.2, 0.25) is 0 Å². The van der Waals surface area contributed by atoms with Gasteiger partial charge in [0.15, 0.2) is 0 Å². The van der Waals surface area contributed by atoms with Crippen LogP contribution >= 0.6 is 0 Å². The summed E-state index contributed by atoms with van der Waals surface area (Å²) in [6, 6.07) is 5.83. The molecule has 118 valence electrons. The number of hydrogen-bond donors (Lipinski definition) is 2. The number of fused-ring (bicyclic) bond motifs is 1. The molecular weight excluding hydrogens is 280 g/mol. The van der Waals surface area contributed by atoms with Crippen molar-refractivity contribution in [1.82, 2.24) is 9.88 Å². The summed E-state index contributed by atoms with van der Waals surface area (Å²) in [6.07, 6.45) is 4.25. The Hall–Kier alpha value is -2.01. The largest absolute Gasteiger partial charge is 0.497 e. The minimum absolute atomic E-state index is 0.127. The summed E-state index contributed by atoms with van der Waals surface area (Å²) in [4.78, 5) is 17.6. The van der Waals surface area contributed by atoms with E-state index in [0.29, 0.717) is 13.0 Å². The highest BCUT2D eigenvalue weighted by atomic mass is 16.5. The molecule has 3 rings (SSSR count). The number of piperidine rings is 1. The quantitative estimate of drug-likeness (QED) is 0.907. The topological polar surface area (TPSA) is 65.6 Å². The van der Waals surface area contributed by atoms with E-state index in [-0.39, 0.29) is 18.4 Å². The lowest BCUT2D eigenvalue weighted by molar-refractivity contribution is -0.132. The van der Waals surface area contributed by atoms with E-state index in [1.807, 2.05) is 29.3 Å². The molecule has 1 unspecified atom stereocenters. The van der Waals surface area contributed by atoms with Gasteiger partial charge in [-0.3, -0.25) is 4.79 Å². The van der Waals surface area contributed by atoms with Crippen molar-refractivity contribution >= 4 is 16.8 Å². The Balaban J connectivity index is 1.76. The molecule has 22 heavy (non-hydrogen) atoms. The van der Waals surface area contributed by atoms with Gasteiger partial charge in [-0.25, -0.2) is 0 Å². The Labute approximate surface area is 129 Å². The van der Waals surface area contributed by atoms with Gasteiger partial charge in [-0.2, -0.15) is 0 Å². The maximum Gasteiger partial charge on any atom is 0.227 e. The van der Waals surface area contributed by atoms with Crippen LogP contribution in [0.15, 0.2) is 24.4 Å². The van der Waals surface area contributed by atoms with E-state index in [1.165, 1.54) is 0 Å². The minimum atomic E-state index is 0.127. The summed E-state index contributed by atoms with van der Waals surface area (Å²) in [7, 11) is 1.64. The van der Waals surface area contributed by atoms with E-state index in [4.69, 9.17) is 4.74 Å². The Morgan fingerprint density at radius 2 is 2.36 bits per heavy atom. The van der Waals surface area contributed by atoms with Crippen molar-refractivity contribution in [1.29, 1.82) is 0 Å². The van der Waals surface area contributed by atoms with Gasteiger partial charge in [0, 0.05) is 36.8 Å². The van der Waals surface area contributed by atoms with E-state index in [0.717, 1.165) is 41.6 Å². The van der Waals surface area contributed by atoms with Crippen LogP contribution in [-0.4, -0.2) is 47.7 Å². The second-order valence-corrected chi connectivity index (χ2v) is 5.93. The standard InChI is InChI=1S/C17H22N2O3/c1-22-14-4-5-16-15(8-14)13(9-18-16)7-17(21)19-6-2-3-12(10-19)11-20/h4-5,8-9,12,18,20H,2-3,6-7,10-11H2,1H3. The molecule has 2 aromatic rings. The van der Waals surface area contributed by atoms with Crippen LogP contribution in [0.25, 0.3) is 10.9 Å². The first-order chi connectivity index (χ1) is 10.7. The Morgan fingerprint density at radius 1 is 1.50 bits per heavy atom. The maximum absolute atomic E-state index is 12.5. The molecule has 1 aliphatic rings. The zero-order valence-corrected chi connectivity index (χ0v) is 12.8. The summed E-state index contributed by atoms with van der Waals surface area (Å²) < 4.78 is 5.26. The fourth-order valence-corrected chi connectivity index (χ4v) is 3.15. The number of aliphatic hydroxyl groups excluding tert-OH is 1. The molecule has 1 amide bonds. The van der Waals surface area contributed by atoms with Crippen molar-refractivity contribution in [3.8, 4) is 5.75 Å². The smallest absolute Gasteiger partial charge is 0.227 e. The lowest BCUT2D eigenvalue weighted by Crippen LogP contribution is -2.41. The van der Waals surface area contributed by atoms with Crippen molar-refractivity contribution in [3.63, 3.8) is 0 Å². The molecule has 5 nitrogen and oxygen atoms in total. The summed E-state index contributed by atoms with van der Waals surface area (Å²) in [5.74, 6) is 1.14. The third kappa shape index (κ3) is 2.95. The van der Waals surface area contributed by atoms with Crippen molar-refractivity contribution < 1.29 is 14.6 Å². The van der Waals surface area contributed by atoms with E-state index in [9.17, 15) is 9.90 Å². The number of aromatic amines is 1. The molecule has 0 bridgehead atoms. The highest BCUT2D eigenvalue weighted by Gasteiger charge is 2.23. The molecule has 2 heterocycles. The van der Waals surface area contributed by atoms with Crippen LogP contribution in [0, 0.1) is 5.92 Å². The van der Waals surface area contributed by atoms with Gasteiger partial charge in [-0.05, 0) is 42.5 Å². The number of ether oxygens (including phenoxy) is 1. The number of methoxy groups -OCH3 is 1. The molecule has 5 heteroatoms. The predicted octanol–water partition coefficient (Wildman–Crippen LogP) is 1.95. The van der Waals surface area contributed by atoms with Gasteiger partial charge in [0.05, 0.1) is 13.5 Å². The molecule has 0 saturated carbocycles. The average Bonchev–Trinajstić information content (AvgIpc) is 2.97. The lowest BCUT2D eigenvalue weighted by atomic mass is 9.98. The van der Waals surface area contributed by atoms with Gasteiger partial charge in [-0.15, -0.1) is 0 Å². The fourth-order valence-electron chi connectivity index (χ4n) is 3.15. The van der Waals surface area contributed by atoms with Gasteiger partial charge in [0.25, 0.3) is 0 Å². The number of likely N-dealkylation sites (tertiary alicyclic amines) is 1. The van der Waals surface area contributed by atoms with E-state index >= 15 is 0 Å². The molecule has 1 saturated heterocycles.